The van der Waals surface area contributed by atoms with Crippen molar-refractivity contribution in [3.8, 4) is 0 Å². The lowest BCUT2D eigenvalue weighted by Crippen LogP contribution is -2.46. The summed E-state index contributed by atoms with van der Waals surface area (Å²) in [5.74, 6) is 0.0576. The Balaban J connectivity index is 2.13. The Morgan fingerprint density at radius 1 is 1.29 bits per heavy atom. The van der Waals surface area contributed by atoms with E-state index in [9.17, 15) is 9.59 Å². The van der Waals surface area contributed by atoms with Crippen LogP contribution >= 0.6 is 0 Å². The lowest BCUT2D eigenvalue weighted by Gasteiger charge is -2.24. The molecule has 0 aliphatic carbocycles. The number of nitrogens with zero attached hydrogens (tertiary/aromatic N) is 1. The smallest absolute Gasteiger partial charge is 0.318 e. The van der Waals surface area contributed by atoms with Crippen LogP contribution in [0.4, 0.5) is 4.79 Å². The van der Waals surface area contributed by atoms with Gasteiger partial charge in [-0.3, -0.25) is 4.79 Å². The third-order valence-corrected chi connectivity index (χ3v) is 4.13. The quantitative estimate of drug-likeness (QED) is 0.866. The Morgan fingerprint density at radius 3 is 2.71 bits per heavy atom. The molecule has 0 saturated carbocycles. The highest BCUT2D eigenvalue weighted by atomic mass is 16.2. The molecular formula is C17H24N2O2. The van der Waals surface area contributed by atoms with Crippen LogP contribution in [0.1, 0.15) is 47.7 Å². The molecule has 0 spiro atoms. The topological polar surface area (TPSA) is 49.4 Å². The molecule has 2 amide bonds. The third kappa shape index (κ3) is 3.43. The van der Waals surface area contributed by atoms with Gasteiger partial charge in [-0.15, -0.1) is 0 Å². The molecule has 1 aliphatic rings. The van der Waals surface area contributed by atoms with Gasteiger partial charge in [-0.2, -0.15) is 0 Å². The van der Waals surface area contributed by atoms with E-state index in [4.69, 9.17) is 0 Å². The van der Waals surface area contributed by atoms with Gasteiger partial charge in [0.05, 0.1) is 6.04 Å². The van der Waals surface area contributed by atoms with Crippen molar-refractivity contribution in [1.29, 1.82) is 0 Å². The van der Waals surface area contributed by atoms with Gasteiger partial charge in [-0.25, -0.2) is 4.79 Å². The average molecular weight is 288 g/mol. The highest BCUT2D eigenvalue weighted by molar-refractivity contribution is 6.02. The Bertz CT molecular complexity index is 540. The first-order valence-corrected chi connectivity index (χ1v) is 7.70. The van der Waals surface area contributed by atoms with E-state index in [0.717, 1.165) is 24.8 Å². The maximum Gasteiger partial charge on any atom is 0.318 e. The first kappa shape index (κ1) is 15.5. The molecule has 1 unspecified atom stereocenters. The van der Waals surface area contributed by atoms with E-state index in [1.165, 1.54) is 5.56 Å². The summed E-state index contributed by atoms with van der Waals surface area (Å²) < 4.78 is 0. The predicted molar refractivity (Wildman–Crippen MR) is 83.7 cm³/mol. The second kappa shape index (κ2) is 6.74. The summed E-state index contributed by atoms with van der Waals surface area (Å²) >= 11 is 0. The number of hydrogen-bond acceptors (Lipinski definition) is 2. The van der Waals surface area contributed by atoms with E-state index in [1.54, 1.807) is 4.90 Å². The fourth-order valence-corrected chi connectivity index (χ4v) is 2.70. The van der Waals surface area contributed by atoms with Gasteiger partial charge in [0.15, 0.2) is 5.78 Å². The second-order valence-corrected chi connectivity index (χ2v) is 5.75. The zero-order valence-electron chi connectivity index (χ0n) is 13.1. The summed E-state index contributed by atoms with van der Waals surface area (Å²) in [7, 11) is 0. The molecule has 4 nitrogen and oxygen atoms in total. The number of ketones is 1. The van der Waals surface area contributed by atoms with Crippen LogP contribution in [0.2, 0.25) is 0 Å². The van der Waals surface area contributed by atoms with Crippen LogP contribution in [0.5, 0.6) is 0 Å². The minimum Gasteiger partial charge on any atom is -0.338 e. The highest BCUT2D eigenvalue weighted by Crippen LogP contribution is 2.22. The molecule has 1 aliphatic heterocycles. The third-order valence-electron chi connectivity index (χ3n) is 4.13. The van der Waals surface area contributed by atoms with Gasteiger partial charge in [0, 0.05) is 18.7 Å². The first-order valence-electron chi connectivity index (χ1n) is 7.70. The van der Waals surface area contributed by atoms with Crippen LogP contribution in [0.3, 0.4) is 0 Å². The van der Waals surface area contributed by atoms with E-state index in [0.29, 0.717) is 18.7 Å². The summed E-state index contributed by atoms with van der Waals surface area (Å²) in [6, 6.07) is 5.34. The van der Waals surface area contributed by atoms with Crippen molar-refractivity contribution in [3.05, 3.63) is 34.9 Å². The number of carbonyl (C=O) groups excluding carboxylic acids is 2. The molecule has 1 fully saturated rings. The van der Waals surface area contributed by atoms with Crippen molar-refractivity contribution in [2.24, 2.45) is 0 Å². The molecule has 1 saturated heterocycles. The number of likely N-dealkylation sites (tertiary alicyclic amines) is 1. The number of rotatable bonds is 4. The van der Waals surface area contributed by atoms with Crippen molar-refractivity contribution in [2.75, 3.05) is 13.1 Å². The van der Waals surface area contributed by atoms with E-state index in [1.807, 2.05) is 39.0 Å². The summed E-state index contributed by atoms with van der Waals surface area (Å²) in [4.78, 5) is 26.5. The van der Waals surface area contributed by atoms with E-state index in [-0.39, 0.29) is 17.9 Å². The SMILES string of the molecule is CCCNC(=O)N1CCCC1C(=O)c1ccc(C)c(C)c1. The zero-order chi connectivity index (χ0) is 15.4. The lowest BCUT2D eigenvalue weighted by atomic mass is 9.98. The normalized spacial score (nSPS) is 17.9. The second-order valence-electron chi connectivity index (χ2n) is 5.75. The van der Waals surface area contributed by atoms with Crippen LogP contribution in [0.25, 0.3) is 0 Å². The largest absolute Gasteiger partial charge is 0.338 e. The van der Waals surface area contributed by atoms with Gasteiger partial charge in [-0.05, 0) is 50.3 Å². The molecule has 114 valence electrons. The highest BCUT2D eigenvalue weighted by Gasteiger charge is 2.34. The van der Waals surface area contributed by atoms with Gasteiger partial charge in [0.2, 0.25) is 0 Å². The van der Waals surface area contributed by atoms with E-state index in [2.05, 4.69) is 5.32 Å². The molecule has 1 N–H and O–H groups in total. The molecule has 21 heavy (non-hydrogen) atoms. The van der Waals surface area contributed by atoms with Crippen LogP contribution in [-0.4, -0.2) is 35.8 Å². The Hall–Kier alpha value is -1.84. The number of nitrogens with one attached hydrogen (secondary N) is 1. The lowest BCUT2D eigenvalue weighted by molar-refractivity contribution is 0.0887. The van der Waals surface area contributed by atoms with Crippen molar-refractivity contribution in [1.82, 2.24) is 10.2 Å². The summed E-state index contributed by atoms with van der Waals surface area (Å²) in [5, 5.41) is 2.87. The van der Waals surface area contributed by atoms with E-state index < -0.39 is 0 Å². The Kier molecular flexibility index (Phi) is 4.99. The maximum absolute atomic E-state index is 12.7. The monoisotopic (exact) mass is 288 g/mol. The number of benzene rings is 1. The molecular weight excluding hydrogens is 264 g/mol. The van der Waals surface area contributed by atoms with Crippen molar-refractivity contribution < 1.29 is 9.59 Å². The van der Waals surface area contributed by atoms with Crippen molar-refractivity contribution >= 4 is 11.8 Å². The number of carbonyl (C=O) groups is 2. The van der Waals surface area contributed by atoms with Gasteiger partial charge < -0.3 is 10.2 Å². The molecule has 0 radical (unpaired) electrons. The first-order chi connectivity index (χ1) is 10.0. The number of hydrogen-bond donors (Lipinski definition) is 1. The van der Waals surface area contributed by atoms with Crippen LogP contribution in [-0.2, 0) is 0 Å². The minimum atomic E-state index is -0.316. The Labute approximate surface area is 126 Å². The van der Waals surface area contributed by atoms with Crippen LogP contribution in [0.15, 0.2) is 18.2 Å². The molecule has 4 heteroatoms. The summed E-state index contributed by atoms with van der Waals surface area (Å²) in [6.07, 6.45) is 2.54. The molecule has 2 rings (SSSR count). The number of amides is 2. The van der Waals surface area contributed by atoms with Gasteiger partial charge in [-0.1, -0.05) is 19.1 Å². The number of Topliss-reactive ketones (excluding diaryl/α,β-unsaturated/α-hetero) is 1. The fourth-order valence-electron chi connectivity index (χ4n) is 2.70. The average Bonchev–Trinajstić information content (AvgIpc) is 2.96. The fraction of sp³-hybridized carbons (Fsp3) is 0.529. The van der Waals surface area contributed by atoms with E-state index >= 15 is 0 Å². The molecule has 1 aromatic rings. The van der Waals surface area contributed by atoms with Crippen molar-refractivity contribution in [2.45, 2.75) is 46.1 Å². The summed E-state index contributed by atoms with van der Waals surface area (Å²) in [5.41, 5.74) is 3.00. The number of urea groups is 1. The molecule has 1 atom stereocenters. The van der Waals surface area contributed by atoms with Crippen LogP contribution in [0, 0.1) is 13.8 Å². The van der Waals surface area contributed by atoms with Gasteiger partial charge >= 0.3 is 6.03 Å². The molecule has 1 heterocycles. The van der Waals surface area contributed by atoms with Crippen molar-refractivity contribution in [3.63, 3.8) is 0 Å². The zero-order valence-corrected chi connectivity index (χ0v) is 13.1. The standard InChI is InChI=1S/C17H24N2O2/c1-4-9-18-17(21)19-10-5-6-15(19)16(20)14-8-7-12(2)13(3)11-14/h7-8,11,15H,4-6,9-10H2,1-3H3,(H,18,21). The Morgan fingerprint density at radius 2 is 2.05 bits per heavy atom. The number of aryl methyl sites for hydroxylation is 2. The summed E-state index contributed by atoms with van der Waals surface area (Å²) in [6.45, 7) is 7.37. The predicted octanol–water partition coefficient (Wildman–Crippen LogP) is 3.07. The maximum atomic E-state index is 12.7. The minimum absolute atomic E-state index is 0.0576. The molecule has 0 aromatic heterocycles. The molecule has 1 aromatic carbocycles. The van der Waals surface area contributed by atoms with Gasteiger partial charge in [0.25, 0.3) is 0 Å². The molecule has 0 bridgehead atoms. The van der Waals surface area contributed by atoms with Crippen LogP contribution < -0.4 is 5.32 Å². The van der Waals surface area contributed by atoms with Gasteiger partial charge in [0.1, 0.15) is 0 Å².